The Balaban J connectivity index is 1.39. The van der Waals surface area contributed by atoms with Gasteiger partial charge in [0.15, 0.2) is 0 Å². The number of terminal acetylenes is 1. The summed E-state index contributed by atoms with van der Waals surface area (Å²) in [5.41, 5.74) is 10.5. The number of hydrogen-bond donors (Lipinski definition) is 1. The average Bonchev–Trinajstić information content (AvgIpc) is 3.07. The highest BCUT2D eigenvalue weighted by atomic mass is 35.5. The van der Waals surface area contributed by atoms with Gasteiger partial charge in [-0.1, -0.05) is 41.3 Å². The molecule has 1 aliphatic heterocycles. The number of fused-ring (bicyclic) bond motifs is 1. The van der Waals surface area contributed by atoms with E-state index in [0.717, 1.165) is 37.9 Å². The molecule has 0 amide bonds. The summed E-state index contributed by atoms with van der Waals surface area (Å²) in [7, 11) is 0. The van der Waals surface area contributed by atoms with E-state index in [1.165, 1.54) is 15.7 Å². The van der Waals surface area contributed by atoms with Gasteiger partial charge in [-0.25, -0.2) is 4.98 Å². The second-order valence-corrected chi connectivity index (χ2v) is 9.76. The molecule has 2 heterocycles. The molecule has 0 radical (unpaired) electrons. The molecule has 1 atom stereocenters. The molecule has 7 heteroatoms. The van der Waals surface area contributed by atoms with Crippen LogP contribution in [0.1, 0.15) is 41.4 Å². The minimum atomic E-state index is -0.186. The molecule has 168 valence electrons. The zero-order chi connectivity index (χ0) is 23.3. The molecule has 2 aliphatic rings. The Morgan fingerprint density at radius 2 is 1.94 bits per heavy atom. The van der Waals surface area contributed by atoms with Crippen molar-refractivity contribution < 1.29 is 0 Å². The van der Waals surface area contributed by atoms with Crippen LogP contribution in [-0.4, -0.2) is 22.6 Å². The second kappa shape index (κ2) is 8.22. The van der Waals surface area contributed by atoms with Gasteiger partial charge in [0.2, 0.25) is 0 Å². The molecule has 2 N–H and O–H groups in total. The highest BCUT2D eigenvalue weighted by Crippen LogP contribution is 2.51. The first-order chi connectivity index (χ1) is 15.8. The standard InChI is InChI=1S/C26H24Cl2N4O/c1-3-17-7-8-18-15-26(25(29)19(18)13-17)9-11-31(12-10-26)22-14-23(33)32(16(2)30-22)21-6-4-5-20(27)24(21)28/h1,4-8,13-14,25H,9-12,15,29H2,2H3/t25-/m1/s1. The fourth-order valence-electron chi connectivity index (χ4n) is 5.33. The van der Waals surface area contributed by atoms with Crippen molar-refractivity contribution >= 4 is 29.0 Å². The van der Waals surface area contributed by atoms with E-state index in [9.17, 15) is 4.79 Å². The number of hydrogen-bond acceptors (Lipinski definition) is 4. The van der Waals surface area contributed by atoms with Crippen molar-refractivity contribution in [3.8, 4) is 18.0 Å². The van der Waals surface area contributed by atoms with Crippen molar-refractivity contribution in [2.24, 2.45) is 11.1 Å². The van der Waals surface area contributed by atoms with E-state index in [1.54, 1.807) is 31.2 Å². The lowest BCUT2D eigenvalue weighted by molar-refractivity contribution is 0.187. The molecule has 1 saturated heterocycles. The first kappa shape index (κ1) is 22.0. The predicted molar refractivity (Wildman–Crippen MR) is 133 cm³/mol. The third kappa shape index (κ3) is 3.63. The number of nitrogens with two attached hydrogens (primary N) is 1. The maximum atomic E-state index is 13.0. The summed E-state index contributed by atoms with van der Waals surface area (Å²) >= 11 is 12.5. The highest BCUT2D eigenvalue weighted by molar-refractivity contribution is 6.43. The van der Waals surface area contributed by atoms with Crippen molar-refractivity contribution in [2.45, 2.75) is 32.2 Å². The van der Waals surface area contributed by atoms with E-state index in [0.29, 0.717) is 27.4 Å². The number of benzene rings is 2. The third-order valence-corrected chi connectivity index (χ3v) is 7.99. The van der Waals surface area contributed by atoms with Gasteiger partial charge in [-0.3, -0.25) is 9.36 Å². The highest BCUT2D eigenvalue weighted by Gasteiger charge is 2.46. The van der Waals surface area contributed by atoms with Crippen molar-refractivity contribution in [3.05, 3.63) is 85.4 Å². The lowest BCUT2D eigenvalue weighted by Crippen LogP contribution is -2.45. The lowest BCUT2D eigenvalue weighted by atomic mass is 9.73. The number of rotatable bonds is 2. The normalized spacial score (nSPS) is 18.9. The van der Waals surface area contributed by atoms with Gasteiger partial charge in [-0.05, 0) is 67.0 Å². The van der Waals surface area contributed by atoms with E-state index in [-0.39, 0.29) is 17.0 Å². The molecule has 33 heavy (non-hydrogen) atoms. The van der Waals surface area contributed by atoms with Gasteiger partial charge in [0.1, 0.15) is 11.6 Å². The van der Waals surface area contributed by atoms with Crippen LogP contribution in [0.15, 0.2) is 47.3 Å². The van der Waals surface area contributed by atoms with Gasteiger partial charge < -0.3 is 10.6 Å². The monoisotopic (exact) mass is 478 g/mol. The van der Waals surface area contributed by atoms with Gasteiger partial charge in [-0.2, -0.15) is 0 Å². The van der Waals surface area contributed by atoms with Crippen molar-refractivity contribution in [2.75, 3.05) is 18.0 Å². The maximum absolute atomic E-state index is 13.0. The Hall–Kier alpha value is -2.78. The largest absolute Gasteiger partial charge is 0.356 e. The van der Waals surface area contributed by atoms with Crippen LogP contribution in [0.2, 0.25) is 10.0 Å². The summed E-state index contributed by atoms with van der Waals surface area (Å²) in [5, 5.41) is 0.732. The molecule has 3 aromatic rings. The molecular formula is C26H24Cl2N4O. The second-order valence-electron chi connectivity index (χ2n) is 8.97. The van der Waals surface area contributed by atoms with Gasteiger partial charge in [-0.15, -0.1) is 6.42 Å². The molecule has 0 unspecified atom stereocenters. The van der Waals surface area contributed by atoms with Gasteiger partial charge in [0.05, 0.1) is 15.7 Å². The topological polar surface area (TPSA) is 64.2 Å². The van der Waals surface area contributed by atoms with Crippen LogP contribution in [-0.2, 0) is 6.42 Å². The fraction of sp³-hybridized carbons (Fsp3) is 0.308. The predicted octanol–water partition coefficient (Wildman–Crippen LogP) is 4.67. The minimum Gasteiger partial charge on any atom is -0.356 e. The number of nitrogens with zero attached hydrogens (tertiary/aromatic N) is 3. The minimum absolute atomic E-state index is 0.0183. The van der Waals surface area contributed by atoms with E-state index in [1.807, 2.05) is 6.07 Å². The molecule has 1 fully saturated rings. The molecular weight excluding hydrogens is 455 g/mol. The van der Waals surface area contributed by atoms with E-state index in [4.69, 9.17) is 40.3 Å². The van der Waals surface area contributed by atoms with Crippen LogP contribution in [0, 0.1) is 24.7 Å². The maximum Gasteiger partial charge on any atom is 0.260 e. The van der Waals surface area contributed by atoms with Crippen LogP contribution in [0.4, 0.5) is 5.82 Å². The van der Waals surface area contributed by atoms with Crippen LogP contribution in [0.3, 0.4) is 0 Å². The zero-order valence-electron chi connectivity index (χ0n) is 18.3. The summed E-state index contributed by atoms with van der Waals surface area (Å²) in [6, 6.07) is 12.9. The average molecular weight is 479 g/mol. The molecule has 1 spiro atoms. The van der Waals surface area contributed by atoms with Gasteiger partial charge >= 0.3 is 0 Å². The summed E-state index contributed by atoms with van der Waals surface area (Å²) in [6.45, 7) is 3.38. The fourth-order valence-corrected chi connectivity index (χ4v) is 5.71. The van der Waals surface area contributed by atoms with E-state index in [2.05, 4.69) is 23.0 Å². The lowest BCUT2D eigenvalue weighted by Gasteiger charge is -2.42. The van der Waals surface area contributed by atoms with Crippen LogP contribution in [0.25, 0.3) is 5.69 Å². The van der Waals surface area contributed by atoms with Crippen LogP contribution < -0.4 is 16.2 Å². The van der Waals surface area contributed by atoms with Gasteiger partial charge in [0.25, 0.3) is 5.56 Å². The number of halogens is 2. The third-order valence-electron chi connectivity index (χ3n) is 7.18. The molecule has 5 nitrogen and oxygen atoms in total. The quantitative estimate of drug-likeness (QED) is 0.543. The number of anilines is 1. The van der Waals surface area contributed by atoms with E-state index >= 15 is 0 Å². The Labute approximate surface area is 203 Å². The zero-order valence-corrected chi connectivity index (χ0v) is 19.8. The molecule has 0 bridgehead atoms. The molecule has 2 aromatic carbocycles. The van der Waals surface area contributed by atoms with Crippen LogP contribution >= 0.6 is 23.2 Å². The van der Waals surface area contributed by atoms with Crippen molar-refractivity contribution in [1.82, 2.24) is 9.55 Å². The smallest absolute Gasteiger partial charge is 0.260 e. The first-order valence-corrected chi connectivity index (χ1v) is 11.7. The molecule has 5 rings (SSSR count). The molecule has 1 aliphatic carbocycles. The Kier molecular flexibility index (Phi) is 5.49. The summed E-state index contributed by atoms with van der Waals surface area (Å²) < 4.78 is 1.50. The van der Waals surface area contributed by atoms with Crippen LogP contribution in [0.5, 0.6) is 0 Å². The summed E-state index contributed by atoms with van der Waals surface area (Å²) in [4.78, 5) is 19.9. The Morgan fingerprint density at radius 1 is 1.18 bits per heavy atom. The summed E-state index contributed by atoms with van der Waals surface area (Å²) in [6.07, 6.45) is 8.40. The van der Waals surface area contributed by atoms with Crippen molar-refractivity contribution in [3.63, 3.8) is 0 Å². The Morgan fingerprint density at radius 3 is 2.64 bits per heavy atom. The van der Waals surface area contributed by atoms with E-state index < -0.39 is 0 Å². The number of aromatic nitrogens is 2. The number of piperidine rings is 1. The SMILES string of the molecule is C#Cc1ccc2c(c1)[C@@H](N)C1(CCN(c3cc(=O)n(-c4cccc(Cl)c4Cl)c(C)n3)CC1)C2. The first-order valence-electron chi connectivity index (χ1n) is 11.0. The molecule has 1 aromatic heterocycles. The summed E-state index contributed by atoms with van der Waals surface area (Å²) in [5.74, 6) is 3.96. The Bertz CT molecular complexity index is 1350. The van der Waals surface area contributed by atoms with Gasteiger partial charge in [0, 0.05) is 30.8 Å². The number of aryl methyl sites for hydroxylation is 1. The van der Waals surface area contributed by atoms with Crippen molar-refractivity contribution in [1.29, 1.82) is 0 Å². The molecule has 0 saturated carbocycles.